The number of nitrogens with zero attached hydrogens (tertiary/aromatic N) is 4. The van der Waals surface area contributed by atoms with Crippen molar-refractivity contribution in [3.63, 3.8) is 0 Å². The van der Waals surface area contributed by atoms with E-state index in [0.29, 0.717) is 34.4 Å². The fourth-order valence-corrected chi connectivity index (χ4v) is 3.69. The number of pyridine rings is 1. The van der Waals surface area contributed by atoms with Crippen molar-refractivity contribution < 1.29 is 14.3 Å². The number of carbonyl (C=O) groups excluding carboxylic acids is 2. The summed E-state index contributed by atoms with van der Waals surface area (Å²) in [7, 11) is 1.32. The van der Waals surface area contributed by atoms with Gasteiger partial charge in [0.15, 0.2) is 5.65 Å². The first-order chi connectivity index (χ1) is 14.0. The van der Waals surface area contributed by atoms with Crippen LogP contribution in [0.15, 0.2) is 42.6 Å². The fourth-order valence-electron chi connectivity index (χ4n) is 3.53. The van der Waals surface area contributed by atoms with Crippen molar-refractivity contribution in [2.75, 3.05) is 30.4 Å². The van der Waals surface area contributed by atoms with E-state index >= 15 is 0 Å². The van der Waals surface area contributed by atoms with E-state index in [0.717, 1.165) is 19.4 Å². The fraction of sp³-hybridized carbons (Fsp3) is 0.300. The van der Waals surface area contributed by atoms with Gasteiger partial charge >= 0.3 is 5.97 Å². The maximum atomic E-state index is 12.8. The number of anilines is 2. The van der Waals surface area contributed by atoms with Crippen LogP contribution in [-0.2, 0) is 9.53 Å². The smallest absolute Gasteiger partial charge is 0.337 e. The van der Waals surface area contributed by atoms with Crippen molar-refractivity contribution in [2.24, 2.45) is 5.92 Å². The van der Waals surface area contributed by atoms with Crippen LogP contribution in [0.4, 0.5) is 11.6 Å². The van der Waals surface area contributed by atoms with E-state index in [1.165, 1.54) is 7.11 Å². The summed E-state index contributed by atoms with van der Waals surface area (Å²) in [5.74, 6) is -0.0735. The lowest BCUT2D eigenvalue weighted by molar-refractivity contribution is -0.120. The van der Waals surface area contributed by atoms with Crippen LogP contribution in [0.5, 0.6) is 0 Å². The molecule has 1 fully saturated rings. The highest BCUT2D eigenvalue weighted by molar-refractivity contribution is 6.30. The Balaban J connectivity index is 1.49. The van der Waals surface area contributed by atoms with Crippen molar-refractivity contribution in [3.8, 4) is 0 Å². The molecule has 0 bridgehead atoms. The number of ether oxygens (including phenoxy) is 1. The molecule has 0 spiro atoms. The van der Waals surface area contributed by atoms with E-state index in [4.69, 9.17) is 16.3 Å². The Labute approximate surface area is 172 Å². The van der Waals surface area contributed by atoms with Crippen LogP contribution in [0.25, 0.3) is 5.65 Å². The maximum Gasteiger partial charge on any atom is 0.337 e. The molecule has 150 valence electrons. The number of piperidine rings is 1. The van der Waals surface area contributed by atoms with Gasteiger partial charge in [0, 0.05) is 25.0 Å². The van der Waals surface area contributed by atoms with Crippen molar-refractivity contribution in [2.45, 2.75) is 12.8 Å². The highest BCUT2D eigenvalue weighted by Gasteiger charge is 2.28. The second kappa shape index (κ2) is 8.08. The molecular weight excluding hydrogens is 394 g/mol. The Morgan fingerprint density at radius 1 is 1.24 bits per heavy atom. The zero-order chi connectivity index (χ0) is 20.4. The van der Waals surface area contributed by atoms with Gasteiger partial charge in [0.25, 0.3) is 0 Å². The largest absolute Gasteiger partial charge is 0.465 e. The number of hydrogen-bond donors (Lipinski definition) is 1. The molecule has 3 heterocycles. The van der Waals surface area contributed by atoms with Gasteiger partial charge in [-0.2, -0.15) is 0 Å². The van der Waals surface area contributed by atoms with E-state index in [1.807, 2.05) is 4.40 Å². The second-order valence-corrected chi connectivity index (χ2v) is 7.36. The Morgan fingerprint density at radius 3 is 2.93 bits per heavy atom. The molecule has 2 aromatic heterocycles. The maximum absolute atomic E-state index is 12.8. The lowest BCUT2D eigenvalue weighted by atomic mass is 9.97. The number of esters is 1. The van der Waals surface area contributed by atoms with Gasteiger partial charge in [-0.15, -0.1) is 10.2 Å². The normalized spacial score (nSPS) is 16.6. The van der Waals surface area contributed by atoms with Gasteiger partial charge in [0.2, 0.25) is 11.9 Å². The Kier molecular flexibility index (Phi) is 5.35. The minimum atomic E-state index is -0.442. The number of nitrogens with one attached hydrogen (secondary N) is 1. The molecule has 8 nitrogen and oxygen atoms in total. The molecule has 0 radical (unpaired) electrons. The van der Waals surface area contributed by atoms with E-state index < -0.39 is 5.97 Å². The van der Waals surface area contributed by atoms with Gasteiger partial charge in [-0.3, -0.25) is 9.20 Å². The number of rotatable bonds is 4. The van der Waals surface area contributed by atoms with E-state index in [-0.39, 0.29) is 11.8 Å². The van der Waals surface area contributed by atoms with Gasteiger partial charge < -0.3 is 15.0 Å². The number of benzene rings is 1. The van der Waals surface area contributed by atoms with Gasteiger partial charge in [-0.1, -0.05) is 17.7 Å². The number of methoxy groups -OCH3 is 1. The number of amides is 1. The number of halogens is 1. The zero-order valence-corrected chi connectivity index (χ0v) is 16.6. The van der Waals surface area contributed by atoms with Crippen molar-refractivity contribution in [1.29, 1.82) is 0 Å². The van der Waals surface area contributed by atoms with Crippen LogP contribution in [-0.4, -0.2) is 46.7 Å². The van der Waals surface area contributed by atoms with Crippen LogP contribution in [0.1, 0.15) is 23.2 Å². The topological polar surface area (TPSA) is 88.8 Å². The predicted octanol–water partition coefficient (Wildman–Crippen LogP) is 3.02. The molecule has 1 aromatic carbocycles. The van der Waals surface area contributed by atoms with Crippen LogP contribution in [0.3, 0.4) is 0 Å². The lowest BCUT2D eigenvalue weighted by Crippen LogP contribution is -2.41. The van der Waals surface area contributed by atoms with Gasteiger partial charge in [0.05, 0.1) is 23.6 Å². The molecule has 1 N–H and O–H groups in total. The third kappa shape index (κ3) is 4.02. The third-order valence-corrected chi connectivity index (χ3v) is 5.20. The van der Waals surface area contributed by atoms with E-state index in [9.17, 15) is 9.59 Å². The molecule has 0 aliphatic carbocycles. The first kappa shape index (κ1) is 19.2. The van der Waals surface area contributed by atoms with Gasteiger partial charge in [-0.05, 0) is 43.2 Å². The summed E-state index contributed by atoms with van der Waals surface area (Å²) in [5, 5.41) is 11.9. The minimum Gasteiger partial charge on any atom is -0.465 e. The van der Waals surface area contributed by atoms with Crippen LogP contribution in [0, 0.1) is 5.92 Å². The number of carbonyl (C=O) groups is 2. The van der Waals surface area contributed by atoms with E-state index in [2.05, 4.69) is 20.4 Å². The molecule has 0 unspecified atom stereocenters. The number of hydrogen-bond acceptors (Lipinski definition) is 6. The van der Waals surface area contributed by atoms with Crippen molar-refractivity contribution in [3.05, 3.63) is 53.2 Å². The van der Waals surface area contributed by atoms with Crippen LogP contribution < -0.4 is 10.2 Å². The summed E-state index contributed by atoms with van der Waals surface area (Å²) in [6.07, 6.45) is 3.40. The quantitative estimate of drug-likeness (QED) is 0.661. The molecule has 1 saturated heterocycles. The first-order valence-corrected chi connectivity index (χ1v) is 9.67. The van der Waals surface area contributed by atoms with Crippen LogP contribution >= 0.6 is 11.6 Å². The summed E-state index contributed by atoms with van der Waals surface area (Å²) in [4.78, 5) is 26.6. The van der Waals surface area contributed by atoms with Gasteiger partial charge in [-0.25, -0.2) is 4.79 Å². The summed E-state index contributed by atoms with van der Waals surface area (Å²) in [5.41, 5.74) is 1.66. The predicted molar refractivity (Wildman–Crippen MR) is 109 cm³/mol. The Morgan fingerprint density at radius 2 is 2.10 bits per heavy atom. The summed E-state index contributed by atoms with van der Waals surface area (Å²) >= 11 is 6.11. The average molecular weight is 414 g/mol. The molecule has 3 aromatic rings. The molecule has 1 amide bonds. The van der Waals surface area contributed by atoms with Gasteiger partial charge in [0.1, 0.15) is 0 Å². The molecule has 9 heteroatoms. The number of aromatic nitrogens is 3. The third-order valence-electron chi connectivity index (χ3n) is 4.97. The van der Waals surface area contributed by atoms with Crippen molar-refractivity contribution in [1.82, 2.24) is 14.6 Å². The summed E-state index contributed by atoms with van der Waals surface area (Å²) < 4.78 is 6.56. The molecule has 1 aliphatic rings. The van der Waals surface area contributed by atoms with Crippen LogP contribution in [0.2, 0.25) is 5.02 Å². The monoisotopic (exact) mass is 413 g/mol. The summed E-state index contributed by atoms with van der Waals surface area (Å²) in [6, 6.07) is 10.3. The Bertz CT molecular complexity index is 1070. The van der Waals surface area contributed by atoms with E-state index in [1.54, 1.807) is 42.6 Å². The average Bonchev–Trinajstić information content (AvgIpc) is 3.16. The number of fused-ring (bicyclic) bond motifs is 1. The summed E-state index contributed by atoms with van der Waals surface area (Å²) in [6.45, 7) is 1.31. The first-order valence-electron chi connectivity index (χ1n) is 9.29. The minimum absolute atomic E-state index is 0.0939. The zero-order valence-electron chi connectivity index (χ0n) is 15.8. The molecule has 29 heavy (non-hydrogen) atoms. The second-order valence-electron chi connectivity index (χ2n) is 6.92. The highest BCUT2D eigenvalue weighted by Crippen LogP contribution is 2.25. The standard InChI is InChI=1S/C20H20ClN5O3/c1-29-19(28)13-4-2-6-16(10-13)22-18(27)14-5-3-9-25(11-14)20-24-23-17-8-7-15(21)12-26(17)20/h2,4,6-8,10,12,14H,3,5,9,11H2,1H3,(H,22,27)/t14-/m1/s1. The lowest BCUT2D eigenvalue weighted by Gasteiger charge is -2.32. The molecule has 1 atom stereocenters. The molecule has 4 rings (SSSR count). The Hall–Kier alpha value is -3.13. The molecule has 1 aliphatic heterocycles. The SMILES string of the molecule is COC(=O)c1cccc(NC(=O)[C@@H]2CCCN(c3nnc4ccc(Cl)cn34)C2)c1. The highest BCUT2D eigenvalue weighted by atomic mass is 35.5. The molecule has 0 saturated carbocycles. The van der Waals surface area contributed by atoms with Crippen molar-refractivity contribution >= 4 is 40.8 Å². The molecular formula is C20H20ClN5O3.